The van der Waals surface area contributed by atoms with Gasteiger partial charge < -0.3 is 4.90 Å². The van der Waals surface area contributed by atoms with Crippen LogP contribution in [0.4, 0.5) is 10.1 Å². The Bertz CT molecular complexity index is 917. The van der Waals surface area contributed by atoms with Crippen molar-refractivity contribution in [1.29, 1.82) is 0 Å². The van der Waals surface area contributed by atoms with E-state index in [1.54, 1.807) is 31.3 Å². The number of benzene rings is 2. The van der Waals surface area contributed by atoms with E-state index in [9.17, 15) is 17.6 Å². The molecule has 0 bridgehead atoms. The van der Waals surface area contributed by atoms with Crippen LogP contribution in [-0.4, -0.2) is 38.8 Å². The van der Waals surface area contributed by atoms with Gasteiger partial charge in [0.2, 0.25) is 15.9 Å². The van der Waals surface area contributed by atoms with E-state index >= 15 is 0 Å². The van der Waals surface area contributed by atoms with Crippen molar-refractivity contribution in [2.75, 3.05) is 25.0 Å². The SMILES string of the molecule is CN(C(=O)[C@@H]1CCCN(S(=O)(=O)c2ccc(Br)cc2)C1)c1ccc(F)cc1. The molecule has 1 fully saturated rings. The molecule has 0 unspecified atom stereocenters. The summed E-state index contributed by atoms with van der Waals surface area (Å²) in [5.41, 5.74) is 0.578. The molecule has 0 aliphatic carbocycles. The monoisotopic (exact) mass is 454 g/mol. The minimum Gasteiger partial charge on any atom is -0.315 e. The number of piperidine rings is 1. The van der Waals surface area contributed by atoms with Gasteiger partial charge >= 0.3 is 0 Å². The highest BCUT2D eigenvalue weighted by Crippen LogP contribution is 2.27. The van der Waals surface area contributed by atoms with E-state index in [-0.39, 0.29) is 23.2 Å². The molecule has 1 saturated heterocycles. The second-order valence-electron chi connectivity index (χ2n) is 6.53. The van der Waals surface area contributed by atoms with E-state index in [4.69, 9.17) is 0 Å². The second-order valence-corrected chi connectivity index (χ2v) is 9.38. The van der Waals surface area contributed by atoms with Crippen molar-refractivity contribution < 1.29 is 17.6 Å². The molecule has 3 rings (SSSR count). The molecule has 0 N–H and O–H groups in total. The fourth-order valence-corrected chi connectivity index (χ4v) is 4.97. The van der Waals surface area contributed by atoms with Gasteiger partial charge in [0.05, 0.1) is 10.8 Å². The normalized spacial score (nSPS) is 18.3. The van der Waals surface area contributed by atoms with Crippen LogP contribution in [0, 0.1) is 11.7 Å². The predicted molar refractivity (Wildman–Crippen MR) is 105 cm³/mol. The summed E-state index contributed by atoms with van der Waals surface area (Å²) in [5, 5.41) is 0. The summed E-state index contributed by atoms with van der Waals surface area (Å²) in [5.74, 6) is -0.972. The Morgan fingerprint density at radius 3 is 2.41 bits per heavy atom. The molecule has 1 atom stereocenters. The van der Waals surface area contributed by atoms with Crippen molar-refractivity contribution >= 4 is 37.5 Å². The molecular formula is C19H20BrFN2O3S. The van der Waals surface area contributed by atoms with Crippen LogP contribution < -0.4 is 4.90 Å². The van der Waals surface area contributed by atoms with E-state index in [1.165, 1.54) is 33.5 Å². The van der Waals surface area contributed by atoms with Crippen LogP contribution in [0.3, 0.4) is 0 Å². The Morgan fingerprint density at radius 2 is 1.78 bits per heavy atom. The van der Waals surface area contributed by atoms with Crippen LogP contribution >= 0.6 is 15.9 Å². The number of carbonyl (C=O) groups is 1. The molecule has 2 aromatic carbocycles. The lowest BCUT2D eigenvalue weighted by atomic mass is 9.98. The Kier molecular flexibility index (Phi) is 5.98. The van der Waals surface area contributed by atoms with Gasteiger partial charge in [0.25, 0.3) is 0 Å². The summed E-state index contributed by atoms with van der Waals surface area (Å²) < 4.78 is 41.0. The molecule has 0 saturated carbocycles. The summed E-state index contributed by atoms with van der Waals surface area (Å²) in [7, 11) is -2.03. The Balaban J connectivity index is 1.76. The molecule has 0 radical (unpaired) electrons. The van der Waals surface area contributed by atoms with Gasteiger partial charge in [-0.05, 0) is 61.4 Å². The van der Waals surface area contributed by atoms with Crippen molar-refractivity contribution in [3.8, 4) is 0 Å². The molecule has 0 spiro atoms. The average molecular weight is 455 g/mol. The molecule has 2 aromatic rings. The lowest BCUT2D eigenvalue weighted by Crippen LogP contribution is -2.45. The summed E-state index contributed by atoms with van der Waals surface area (Å²) in [6.45, 7) is 0.533. The first-order valence-electron chi connectivity index (χ1n) is 8.58. The largest absolute Gasteiger partial charge is 0.315 e. The van der Waals surface area contributed by atoms with Gasteiger partial charge in [0.15, 0.2) is 0 Å². The lowest BCUT2D eigenvalue weighted by molar-refractivity contribution is -0.123. The topological polar surface area (TPSA) is 57.7 Å². The number of nitrogens with zero attached hydrogens (tertiary/aromatic N) is 2. The molecule has 1 aliphatic heterocycles. The first-order valence-corrected chi connectivity index (χ1v) is 10.8. The van der Waals surface area contributed by atoms with Gasteiger partial charge in [-0.15, -0.1) is 0 Å². The van der Waals surface area contributed by atoms with Crippen molar-refractivity contribution in [3.63, 3.8) is 0 Å². The van der Waals surface area contributed by atoms with Crippen molar-refractivity contribution in [1.82, 2.24) is 4.31 Å². The minimum atomic E-state index is -3.65. The third kappa shape index (κ3) is 4.39. The van der Waals surface area contributed by atoms with E-state index in [1.807, 2.05) is 0 Å². The second kappa shape index (κ2) is 8.08. The standard InChI is InChI=1S/C19H20BrFN2O3S/c1-22(17-8-6-16(21)7-9-17)19(24)14-3-2-12-23(13-14)27(25,26)18-10-4-15(20)5-11-18/h4-11,14H,2-3,12-13H2,1H3/t14-/m1/s1. The number of hydrogen-bond donors (Lipinski definition) is 0. The first kappa shape index (κ1) is 20.0. The number of hydrogen-bond acceptors (Lipinski definition) is 3. The molecule has 0 aromatic heterocycles. The van der Waals surface area contributed by atoms with E-state index in [2.05, 4.69) is 15.9 Å². The maximum atomic E-state index is 13.1. The maximum Gasteiger partial charge on any atom is 0.243 e. The van der Waals surface area contributed by atoms with Gasteiger partial charge in [-0.25, -0.2) is 12.8 Å². The average Bonchev–Trinajstić information content (AvgIpc) is 2.68. The summed E-state index contributed by atoms with van der Waals surface area (Å²) >= 11 is 3.30. The summed E-state index contributed by atoms with van der Waals surface area (Å²) in [6.07, 6.45) is 1.24. The maximum absolute atomic E-state index is 13.1. The fraction of sp³-hybridized carbons (Fsp3) is 0.316. The van der Waals surface area contributed by atoms with Gasteiger partial charge in [-0.1, -0.05) is 15.9 Å². The highest BCUT2D eigenvalue weighted by Gasteiger charge is 2.34. The van der Waals surface area contributed by atoms with Crippen LogP contribution in [0.25, 0.3) is 0 Å². The number of amides is 1. The van der Waals surface area contributed by atoms with Crippen LogP contribution in [0.1, 0.15) is 12.8 Å². The van der Waals surface area contributed by atoms with Gasteiger partial charge in [-0.2, -0.15) is 4.31 Å². The summed E-state index contributed by atoms with van der Waals surface area (Å²) in [4.78, 5) is 14.5. The number of anilines is 1. The predicted octanol–water partition coefficient (Wildman–Crippen LogP) is 3.65. The molecule has 1 aliphatic rings. The quantitative estimate of drug-likeness (QED) is 0.708. The lowest BCUT2D eigenvalue weighted by Gasteiger charge is -2.33. The highest BCUT2D eigenvalue weighted by atomic mass is 79.9. The zero-order valence-corrected chi connectivity index (χ0v) is 17.2. The zero-order chi connectivity index (χ0) is 19.6. The van der Waals surface area contributed by atoms with Crippen LogP contribution in [0.15, 0.2) is 57.9 Å². The molecule has 1 heterocycles. The summed E-state index contributed by atoms with van der Waals surface area (Å²) in [6, 6.07) is 12.1. The van der Waals surface area contributed by atoms with Crippen LogP contribution in [-0.2, 0) is 14.8 Å². The Hall–Kier alpha value is -1.77. The number of carbonyl (C=O) groups excluding carboxylic acids is 1. The molecule has 1 amide bonds. The van der Waals surface area contributed by atoms with Crippen molar-refractivity contribution in [2.24, 2.45) is 5.92 Å². The molecule has 144 valence electrons. The van der Waals surface area contributed by atoms with Crippen LogP contribution in [0.5, 0.6) is 0 Å². The number of halogens is 2. The molecule has 27 heavy (non-hydrogen) atoms. The van der Waals surface area contributed by atoms with Gasteiger partial charge in [0.1, 0.15) is 5.82 Å². The van der Waals surface area contributed by atoms with E-state index in [0.29, 0.717) is 25.1 Å². The van der Waals surface area contributed by atoms with E-state index < -0.39 is 15.9 Å². The van der Waals surface area contributed by atoms with Crippen molar-refractivity contribution in [3.05, 3.63) is 58.8 Å². The third-order valence-electron chi connectivity index (χ3n) is 4.73. The van der Waals surface area contributed by atoms with Gasteiger partial charge in [0, 0.05) is 30.3 Å². The number of rotatable bonds is 4. The first-order chi connectivity index (χ1) is 12.8. The van der Waals surface area contributed by atoms with E-state index in [0.717, 1.165) is 4.47 Å². The highest BCUT2D eigenvalue weighted by molar-refractivity contribution is 9.10. The Morgan fingerprint density at radius 1 is 1.15 bits per heavy atom. The third-order valence-corrected chi connectivity index (χ3v) is 7.14. The van der Waals surface area contributed by atoms with Crippen molar-refractivity contribution in [2.45, 2.75) is 17.7 Å². The smallest absolute Gasteiger partial charge is 0.243 e. The molecule has 5 nitrogen and oxygen atoms in total. The van der Waals surface area contributed by atoms with Gasteiger partial charge in [-0.3, -0.25) is 4.79 Å². The van der Waals surface area contributed by atoms with Crippen LogP contribution in [0.2, 0.25) is 0 Å². The number of sulfonamides is 1. The fourth-order valence-electron chi connectivity index (χ4n) is 3.18. The minimum absolute atomic E-state index is 0.142. The molecular weight excluding hydrogens is 435 g/mol. The Labute approximate surface area is 167 Å². The molecule has 8 heteroatoms. The zero-order valence-electron chi connectivity index (χ0n) is 14.8.